The van der Waals surface area contributed by atoms with E-state index in [0.717, 1.165) is 38.8 Å². The molecule has 0 saturated carbocycles. The fourth-order valence-corrected chi connectivity index (χ4v) is 6.87. The van der Waals surface area contributed by atoms with Crippen LogP contribution >= 0.6 is 0 Å². The highest BCUT2D eigenvalue weighted by Gasteiger charge is 2.19. The molecule has 7 aromatic carbocycles. The summed E-state index contributed by atoms with van der Waals surface area (Å²) in [6.07, 6.45) is 3.62. The molecule has 9 aromatic rings. The molecule has 0 N–H and O–H groups in total. The predicted octanol–water partition coefficient (Wildman–Crippen LogP) is 11.6. The van der Waals surface area contributed by atoms with E-state index in [1.165, 1.54) is 32.8 Å². The number of nitrogens with zero attached hydrogens (tertiary/aromatic N) is 4. The normalized spacial score (nSPS) is 11.2. The maximum absolute atomic E-state index is 5.15. The molecule has 0 radical (unpaired) electrons. The van der Waals surface area contributed by atoms with Gasteiger partial charge in [0, 0.05) is 29.1 Å². The Labute approximate surface area is 290 Å². The summed E-state index contributed by atoms with van der Waals surface area (Å²) in [6.45, 7) is 0. The molecule has 2 heterocycles. The van der Waals surface area contributed by atoms with Crippen molar-refractivity contribution in [3.05, 3.63) is 182 Å². The van der Waals surface area contributed by atoms with E-state index < -0.39 is 0 Å². The predicted molar refractivity (Wildman–Crippen MR) is 205 cm³/mol. The van der Waals surface area contributed by atoms with Crippen LogP contribution in [0.25, 0.3) is 89.1 Å². The van der Waals surface area contributed by atoms with Gasteiger partial charge in [0.05, 0.1) is 0 Å². The molecule has 50 heavy (non-hydrogen) atoms. The van der Waals surface area contributed by atoms with E-state index in [4.69, 9.17) is 15.0 Å². The quantitative estimate of drug-likeness (QED) is 0.170. The van der Waals surface area contributed by atoms with Crippen molar-refractivity contribution in [2.24, 2.45) is 0 Å². The van der Waals surface area contributed by atoms with Gasteiger partial charge in [-0.3, -0.25) is 4.98 Å². The van der Waals surface area contributed by atoms with Crippen LogP contribution in [0.3, 0.4) is 0 Å². The first-order chi connectivity index (χ1) is 24.8. The van der Waals surface area contributed by atoms with Gasteiger partial charge in [0.15, 0.2) is 17.5 Å². The zero-order valence-corrected chi connectivity index (χ0v) is 27.1. The van der Waals surface area contributed by atoms with Crippen molar-refractivity contribution >= 4 is 21.5 Å². The molecule has 0 atom stereocenters. The van der Waals surface area contributed by atoms with Crippen molar-refractivity contribution in [2.45, 2.75) is 0 Å². The zero-order chi connectivity index (χ0) is 33.3. The Morgan fingerprint density at radius 1 is 0.260 bits per heavy atom. The van der Waals surface area contributed by atoms with Crippen LogP contribution < -0.4 is 0 Å². The third-order valence-corrected chi connectivity index (χ3v) is 9.21. The van der Waals surface area contributed by atoms with E-state index >= 15 is 0 Å². The molecule has 0 unspecified atom stereocenters. The SMILES string of the molecule is c1ccc(-c2nc(-c3cccc(-c4ccncc4)c3)nc(-c3ccc4c(c3)c(-c3ccccc3)c(-c3ccccc3)c3ccccc34)n2)cc1. The molecule has 234 valence electrons. The highest BCUT2D eigenvalue weighted by atomic mass is 15.0. The van der Waals surface area contributed by atoms with Crippen LogP contribution in [0.15, 0.2) is 182 Å². The van der Waals surface area contributed by atoms with Crippen molar-refractivity contribution in [2.75, 3.05) is 0 Å². The van der Waals surface area contributed by atoms with Gasteiger partial charge < -0.3 is 0 Å². The number of rotatable bonds is 6. The lowest BCUT2D eigenvalue weighted by Crippen LogP contribution is -2.00. The standard InChI is InChI=1S/C46H30N4/c1-4-13-32(14-5-1)42-40-22-11-10-21-38(40)39-24-23-37(30-41(39)43(42)33-15-6-2-7-16-33)46-49-44(34-17-8-3-9-18-34)48-45(50-46)36-20-12-19-35(29-36)31-25-27-47-28-26-31/h1-30H. The Hall–Kier alpha value is -6.78. The summed E-state index contributed by atoms with van der Waals surface area (Å²) >= 11 is 0. The summed E-state index contributed by atoms with van der Waals surface area (Å²) in [5, 5.41) is 4.77. The van der Waals surface area contributed by atoms with Gasteiger partial charge in [0.2, 0.25) is 0 Å². The second-order valence-electron chi connectivity index (χ2n) is 12.3. The van der Waals surface area contributed by atoms with Crippen molar-refractivity contribution in [3.63, 3.8) is 0 Å². The van der Waals surface area contributed by atoms with Gasteiger partial charge in [-0.2, -0.15) is 0 Å². The first-order valence-electron chi connectivity index (χ1n) is 16.7. The summed E-state index contributed by atoms with van der Waals surface area (Å²) in [4.78, 5) is 19.5. The second kappa shape index (κ2) is 12.7. The Bertz CT molecular complexity index is 2620. The highest BCUT2D eigenvalue weighted by Crippen LogP contribution is 2.45. The van der Waals surface area contributed by atoms with Crippen LogP contribution in [0, 0.1) is 0 Å². The number of benzene rings is 7. The van der Waals surface area contributed by atoms with E-state index in [1.54, 1.807) is 0 Å². The highest BCUT2D eigenvalue weighted by molar-refractivity contribution is 6.22. The summed E-state index contributed by atoms with van der Waals surface area (Å²) < 4.78 is 0. The van der Waals surface area contributed by atoms with Crippen molar-refractivity contribution in [1.82, 2.24) is 19.9 Å². The fourth-order valence-electron chi connectivity index (χ4n) is 6.87. The smallest absolute Gasteiger partial charge is 0.164 e. The van der Waals surface area contributed by atoms with Crippen molar-refractivity contribution in [1.29, 1.82) is 0 Å². The summed E-state index contributed by atoms with van der Waals surface area (Å²) in [5.74, 6) is 1.88. The maximum Gasteiger partial charge on any atom is 0.164 e. The third kappa shape index (κ3) is 5.39. The molecule has 2 aromatic heterocycles. The first kappa shape index (κ1) is 29.4. The Morgan fingerprint density at radius 3 is 1.36 bits per heavy atom. The summed E-state index contributed by atoms with van der Waals surface area (Å²) in [5.41, 5.74) is 9.69. The Morgan fingerprint density at radius 2 is 0.720 bits per heavy atom. The summed E-state index contributed by atoms with van der Waals surface area (Å²) in [7, 11) is 0. The molecule has 4 nitrogen and oxygen atoms in total. The molecular weight excluding hydrogens is 609 g/mol. The number of pyridine rings is 1. The molecule has 9 rings (SSSR count). The average Bonchev–Trinajstić information content (AvgIpc) is 3.21. The molecule has 4 heteroatoms. The lowest BCUT2D eigenvalue weighted by molar-refractivity contribution is 1.07. The minimum absolute atomic E-state index is 0.622. The van der Waals surface area contributed by atoms with Crippen LogP contribution in [0.1, 0.15) is 0 Å². The molecule has 0 aliphatic heterocycles. The monoisotopic (exact) mass is 638 g/mol. The van der Waals surface area contributed by atoms with Crippen molar-refractivity contribution < 1.29 is 0 Å². The van der Waals surface area contributed by atoms with Gasteiger partial charge in [-0.1, -0.05) is 146 Å². The van der Waals surface area contributed by atoms with E-state index in [2.05, 4.69) is 132 Å². The maximum atomic E-state index is 5.15. The molecule has 0 aliphatic rings. The minimum Gasteiger partial charge on any atom is -0.265 e. The van der Waals surface area contributed by atoms with E-state index in [0.29, 0.717) is 17.5 Å². The Balaban J connectivity index is 1.31. The van der Waals surface area contributed by atoms with Crippen LogP contribution in [0.2, 0.25) is 0 Å². The lowest BCUT2D eigenvalue weighted by Gasteiger charge is -2.19. The second-order valence-corrected chi connectivity index (χ2v) is 12.3. The van der Waals surface area contributed by atoms with Crippen molar-refractivity contribution in [3.8, 4) is 67.5 Å². The van der Waals surface area contributed by atoms with Crippen LogP contribution in [-0.2, 0) is 0 Å². The minimum atomic E-state index is 0.622. The fraction of sp³-hybridized carbons (Fsp3) is 0. The molecule has 0 amide bonds. The van der Waals surface area contributed by atoms with Crippen LogP contribution in [0.5, 0.6) is 0 Å². The molecule has 0 aliphatic carbocycles. The topological polar surface area (TPSA) is 51.6 Å². The van der Waals surface area contributed by atoms with Gasteiger partial charge >= 0.3 is 0 Å². The van der Waals surface area contributed by atoms with Gasteiger partial charge in [-0.05, 0) is 79.2 Å². The number of hydrogen-bond donors (Lipinski definition) is 0. The van der Waals surface area contributed by atoms with Gasteiger partial charge in [0.1, 0.15) is 0 Å². The zero-order valence-electron chi connectivity index (χ0n) is 27.1. The van der Waals surface area contributed by atoms with Gasteiger partial charge in [0.25, 0.3) is 0 Å². The third-order valence-electron chi connectivity index (χ3n) is 9.21. The number of fused-ring (bicyclic) bond motifs is 3. The van der Waals surface area contributed by atoms with Crippen LogP contribution in [-0.4, -0.2) is 19.9 Å². The molecule has 0 saturated heterocycles. The van der Waals surface area contributed by atoms with Crippen LogP contribution in [0.4, 0.5) is 0 Å². The molecule has 0 spiro atoms. The van der Waals surface area contributed by atoms with E-state index in [-0.39, 0.29) is 0 Å². The molecular formula is C46H30N4. The van der Waals surface area contributed by atoms with Gasteiger partial charge in [-0.15, -0.1) is 0 Å². The first-order valence-corrected chi connectivity index (χ1v) is 16.7. The number of aromatic nitrogens is 4. The Kier molecular flexibility index (Phi) is 7.45. The molecule has 0 bridgehead atoms. The lowest BCUT2D eigenvalue weighted by atomic mass is 9.84. The average molecular weight is 639 g/mol. The van der Waals surface area contributed by atoms with E-state index in [9.17, 15) is 0 Å². The molecule has 0 fully saturated rings. The van der Waals surface area contributed by atoms with Gasteiger partial charge in [-0.25, -0.2) is 15.0 Å². The largest absolute Gasteiger partial charge is 0.265 e. The van der Waals surface area contributed by atoms with E-state index in [1.807, 2.05) is 54.9 Å². The summed E-state index contributed by atoms with van der Waals surface area (Å²) in [6, 6.07) is 59.2. The number of hydrogen-bond acceptors (Lipinski definition) is 4.